The van der Waals surface area contributed by atoms with E-state index in [0.717, 1.165) is 32.7 Å². The Morgan fingerprint density at radius 1 is 1.05 bits per heavy atom. The molecule has 0 aliphatic rings. The molecule has 0 aromatic heterocycles. The molecule has 0 amide bonds. The Morgan fingerprint density at radius 2 is 1.60 bits per heavy atom. The van der Waals surface area contributed by atoms with Gasteiger partial charge in [0.05, 0.1) is 6.10 Å². The molecule has 0 spiro atoms. The van der Waals surface area contributed by atoms with Crippen LogP contribution >= 0.6 is 15.9 Å². The van der Waals surface area contributed by atoms with Crippen LogP contribution in [0.1, 0.15) is 36.1 Å². The third-order valence-electron chi connectivity index (χ3n) is 3.30. The van der Waals surface area contributed by atoms with E-state index in [1.165, 1.54) is 0 Å². The summed E-state index contributed by atoms with van der Waals surface area (Å²) in [5.41, 5.74) is 3.22. The summed E-state index contributed by atoms with van der Waals surface area (Å²) >= 11 is 3.55. The summed E-state index contributed by atoms with van der Waals surface area (Å²) in [4.78, 5) is 0. The van der Waals surface area contributed by atoms with Gasteiger partial charge in [-0.15, -0.1) is 0 Å². The van der Waals surface area contributed by atoms with Gasteiger partial charge < -0.3 is 9.84 Å². The van der Waals surface area contributed by atoms with Crippen LogP contribution in [0.2, 0.25) is 0 Å². The molecule has 0 saturated heterocycles. The average molecular weight is 335 g/mol. The Bertz CT molecular complexity index is 567. The fraction of sp³-hybridized carbons (Fsp3) is 0.294. The molecule has 0 radical (unpaired) electrons. The molecule has 2 rings (SSSR count). The van der Waals surface area contributed by atoms with E-state index in [1.807, 2.05) is 57.2 Å². The van der Waals surface area contributed by atoms with E-state index < -0.39 is 6.10 Å². The van der Waals surface area contributed by atoms with Gasteiger partial charge in [-0.1, -0.05) is 35.0 Å². The van der Waals surface area contributed by atoms with Crippen molar-refractivity contribution < 1.29 is 9.84 Å². The van der Waals surface area contributed by atoms with Crippen LogP contribution in [0.5, 0.6) is 11.5 Å². The van der Waals surface area contributed by atoms with Crippen molar-refractivity contribution in [1.29, 1.82) is 0 Å². The summed E-state index contributed by atoms with van der Waals surface area (Å²) in [6.45, 7) is 6.05. The second-order valence-electron chi connectivity index (χ2n) is 4.97. The first-order valence-corrected chi connectivity index (χ1v) is 7.53. The van der Waals surface area contributed by atoms with E-state index in [9.17, 15) is 5.11 Å². The minimum absolute atomic E-state index is 0.402. The third kappa shape index (κ3) is 3.41. The van der Waals surface area contributed by atoms with Crippen molar-refractivity contribution in [2.75, 3.05) is 0 Å². The number of aliphatic hydroxyl groups excluding tert-OH is 1. The minimum atomic E-state index is -0.402. The van der Waals surface area contributed by atoms with Crippen LogP contribution in [0.15, 0.2) is 40.9 Å². The van der Waals surface area contributed by atoms with Gasteiger partial charge >= 0.3 is 0 Å². The summed E-state index contributed by atoms with van der Waals surface area (Å²) in [6, 6.07) is 11.6. The molecular formula is C17H19BrO2. The fourth-order valence-corrected chi connectivity index (χ4v) is 2.32. The Kier molecular flexibility index (Phi) is 4.84. The number of aryl methyl sites for hydroxylation is 2. The molecule has 0 bridgehead atoms. The number of halogens is 1. The zero-order chi connectivity index (χ0) is 14.7. The summed E-state index contributed by atoms with van der Waals surface area (Å²) in [5.74, 6) is 1.60. The summed E-state index contributed by atoms with van der Waals surface area (Å²) in [5, 5.41) is 9.77. The van der Waals surface area contributed by atoms with Gasteiger partial charge in [0.25, 0.3) is 0 Å². The van der Waals surface area contributed by atoms with Crippen LogP contribution in [-0.4, -0.2) is 5.11 Å². The van der Waals surface area contributed by atoms with Crippen LogP contribution in [0, 0.1) is 13.8 Å². The van der Waals surface area contributed by atoms with Crippen molar-refractivity contribution in [2.24, 2.45) is 0 Å². The summed E-state index contributed by atoms with van der Waals surface area (Å²) < 4.78 is 6.98. The molecule has 0 aliphatic carbocycles. The quantitative estimate of drug-likeness (QED) is 0.821. The number of aliphatic hydroxyl groups is 1. The van der Waals surface area contributed by atoms with E-state index in [4.69, 9.17) is 4.74 Å². The van der Waals surface area contributed by atoms with Crippen LogP contribution < -0.4 is 4.74 Å². The molecule has 0 heterocycles. The first-order valence-electron chi connectivity index (χ1n) is 6.74. The van der Waals surface area contributed by atoms with Crippen LogP contribution in [0.4, 0.5) is 0 Å². The van der Waals surface area contributed by atoms with Crippen LogP contribution in [-0.2, 0) is 0 Å². The lowest BCUT2D eigenvalue weighted by atomic mass is 10.1. The lowest BCUT2D eigenvalue weighted by Gasteiger charge is -2.12. The first-order chi connectivity index (χ1) is 9.51. The molecule has 20 heavy (non-hydrogen) atoms. The molecular weight excluding hydrogens is 316 g/mol. The van der Waals surface area contributed by atoms with Gasteiger partial charge in [-0.25, -0.2) is 0 Å². The monoisotopic (exact) mass is 334 g/mol. The number of ether oxygens (including phenoxy) is 1. The Balaban J connectivity index is 2.18. The average Bonchev–Trinajstić information content (AvgIpc) is 2.44. The first kappa shape index (κ1) is 15.1. The molecule has 0 fully saturated rings. The predicted molar refractivity (Wildman–Crippen MR) is 85.4 cm³/mol. The molecule has 0 unspecified atom stereocenters. The molecule has 0 aliphatic heterocycles. The van der Waals surface area contributed by atoms with Crippen molar-refractivity contribution in [3.8, 4) is 11.5 Å². The lowest BCUT2D eigenvalue weighted by molar-refractivity contribution is 0.173. The topological polar surface area (TPSA) is 29.5 Å². The maximum absolute atomic E-state index is 9.77. The Labute approximate surface area is 128 Å². The molecule has 2 nitrogen and oxygen atoms in total. The maximum atomic E-state index is 9.77. The van der Waals surface area contributed by atoms with Gasteiger partial charge in [-0.05, 0) is 61.2 Å². The van der Waals surface area contributed by atoms with E-state index in [0.29, 0.717) is 6.42 Å². The van der Waals surface area contributed by atoms with Gasteiger partial charge in [-0.2, -0.15) is 0 Å². The SMILES string of the molecule is CC[C@H](O)c1ccc(Oc2cc(C)c(Br)c(C)c2)cc1. The van der Waals surface area contributed by atoms with Crippen molar-refractivity contribution in [2.45, 2.75) is 33.3 Å². The zero-order valence-electron chi connectivity index (χ0n) is 12.0. The van der Waals surface area contributed by atoms with Gasteiger partial charge in [-0.3, -0.25) is 0 Å². The van der Waals surface area contributed by atoms with E-state index in [1.54, 1.807) is 0 Å². The molecule has 3 heteroatoms. The van der Waals surface area contributed by atoms with Crippen molar-refractivity contribution in [3.63, 3.8) is 0 Å². The smallest absolute Gasteiger partial charge is 0.128 e. The molecule has 2 aromatic rings. The molecule has 0 saturated carbocycles. The highest BCUT2D eigenvalue weighted by Crippen LogP contribution is 2.30. The van der Waals surface area contributed by atoms with Crippen LogP contribution in [0.25, 0.3) is 0 Å². The van der Waals surface area contributed by atoms with Crippen molar-refractivity contribution >= 4 is 15.9 Å². The van der Waals surface area contributed by atoms with E-state index in [2.05, 4.69) is 15.9 Å². The second-order valence-corrected chi connectivity index (χ2v) is 5.76. The minimum Gasteiger partial charge on any atom is -0.457 e. The second kappa shape index (κ2) is 6.42. The highest BCUT2D eigenvalue weighted by Gasteiger charge is 2.06. The van der Waals surface area contributed by atoms with E-state index in [-0.39, 0.29) is 0 Å². The van der Waals surface area contributed by atoms with Gasteiger partial charge in [0, 0.05) is 4.47 Å². The standard InChI is InChI=1S/C17H19BrO2/c1-4-16(19)13-5-7-14(8-6-13)20-15-9-11(2)17(18)12(3)10-15/h5-10,16,19H,4H2,1-3H3/t16-/m0/s1. The lowest BCUT2D eigenvalue weighted by Crippen LogP contribution is -1.94. The normalized spacial score (nSPS) is 12.2. The molecule has 1 atom stereocenters. The Morgan fingerprint density at radius 3 is 2.10 bits per heavy atom. The molecule has 106 valence electrons. The van der Waals surface area contributed by atoms with Crippen LogP contribution in [0.3, 0.4) is 0 Å². The molecule has 1 N–H and O–H groups in total. The van der Waals surface area contributed by atoms with Gasteiger partial charge in [0.2, 0.25) is 0 Å². The number of rotatable bonds is 4. The van der Waals surface area contributed by atoms with Crippen molar-refractivity contribution in [3.05, 3.63) is 57.6 Å². The predicted octanol–water partition coefficient (Wildman–Crippen LogP) is 5.30. The highest BCUT2D eigenvalue weighted by atomic mass is 79.9. The summed E-state index contributed by atoms with van der Waals surface area (Å²) in [6.07, 6.45) is 0.312. The number of benzene rings is 2. The van der Waals surface area contributed by atoms with E-state index >= 15 is 0 Å². The third-order valence-corrected chi connectivity index (χ3v) is 4.55. The summed E-state index contributed by atoms with van der Waals surface area (Å²) in [7, 11) is 0. The fourth-order valence-electron chi connectivity index (χ4n) is 2.09. The Hall–Kier alpha value is -1.32. The van der Waals surface area contributed by atoms with Gasteiger partial charge in [0.1, 0.15) is 11.5 Å². The number of hydrogen-bond acceptors (Lipinski definition) is 2. The zero-order valence-corrected chi connectivity index (χ0v) is 13.6. The highest BCUT2D eigenvalue weighted by molar-refractivity contribution is 9.10. The van der Waals surface area contributed by atoms with Crippen molar-refractivity contribution in [1.82, 2.24) is 0 Å². The maximum Gasteiger partial charge on any atom is 0.128 e. The number of hydrogen-bond donors (Lipinski definition) is 1. The molecule has 2 aromatic carbocycles. The van der Waals surface area contributed by atoms with Gasteiger partial charge in [0.15, 0.2) is 0 Å². The largest absolute Gasteiger partial charge is 0.457 e.